The minimum Gasteiger partial charge on any atom is -0.504 e. The van der Waals surface area contributed by atoms with Gasteiger partial charge in [-0.05, 0) is 30.5 Å². The first-order valence-electron chi connectivity index (χ1n) is 9.59. The number of carbonyl (C=O) groups excluding carboxylic acids is 1. The summed E-state index contributed by atoms with van der Waals surface area (Å²) in [5, 5.41) is 10.7. The Morgan fingerprint density at radius 2 is 2.11 bits per heavy atom. The minimum atomic E-state index is -0.900. The van der Waals surface area contributed by atoms with Gasteiger partial charge in [-0.15, -0.1) is 0 Å². The van der Waals surface area contributed by atoms with Crippen LogP contribution in [-0.2, 0) is 14.9 Å². The summed E-state index contributed by atoms with van der Waals surface area (Å²) in [4.78, 5) is 15.7. The number of carbonyl (C=O) groups is 1. The van der Waals surface area contributed by atoms with Gasteiger partial charge in [0.1, 0.15) is 29.6 Å². The fourth-order valence-electron chi connectivity index (χ4n) is 4.86. The Morgan fingerprint density at radius 1 is 1.21 bits per heavy atom. The second-order valence-corrected chi connectivity index (χ2v) is 7.73. The fraction of sp³-hybridized carbons (Fsp3) is 0.318. The normalized spacial score (nSPS) is 25.5. The van der Waals surface area contributed by atoms with E-state index in [9.17, 15) is 9.90 Å². The number of nitrogens with zero attached hydrogens (tertiary/aromatic N) is 1. The lowest BCUT2D eigenvalue weighted by Crippen LogP contribution is -2.44. The van der Waals surface area contributed by atoms with E-state index in [1.165, 1.54) is 6.26 Å². The van der Waals surface area contributed by atoms with Gasteiger partial charge in [-0.25, -0.2) is 0 Å². The van der Waals surface area contributed by atoms with E-state index in [4.69, 9.17) is 13.9 Å². The number of fused-ring (bicyclic) bond motifs is 5. The lowest BCUT2D eigenvalue weighted by molar-refractivity contribution is -0.122. The molecule has 0 bridgehead atoms. The molecule has 2 aromatic carbocycles. The second-order valence-electron chi connectivity index (χ2n) is 7.73. The summed E-state index contributed by atoms with van der Waals surface area (Å²) < 4.78 is 17.2. The van der Waals surface area contributed by atoms with Crippen molar-refractivity contribution in [2.45, 2.75) is 24.4 Å². The van der Waals surface area contributed by atoms with E-state index in [2.05, 4.69) is 0 Å². The topological polar surface area (TPSA) is 72.1 Å². The van der Waals surface area contributed by atoms with Gasteiger partial charge in [0.15, 0.2) is 5.75 Å². The number of rotatable bonds is 2. The average Bonchev–Trinajstić information content (AvgIpc) is 3.47. The van der Waals surface area contributed by atoms with Crippen molar-refractivity contribution < 1.29 is 23.8 Å². The Kier molecular flexibility index (Phi) is 3.15. The van der Waals surface area contributed by atoms with E-state index in [-0.39, 0.29) is 24.4 Å². The van der Waals surface area contributed by atoms with Crippen molar-refractivity contribution in [1.82, 2.24) is 0 Å². The van der Waals surface area contributed by atoms with E-state index < -0.39 is 5.41 Å². The van der Waals surface area contributed by atoms with Gasteiger partial charge in [-0.2, -0.15) is 0 Å². The lowest BCUT2D eigenvalue weighted by Gasteiger charge is -2.24. The van der Waals surface area contributed by atoms with Crippen molar-refractivity contribution in [2.24, 2.45) is 0 Å². The van der Waals surface area contributed by atoms with Crippen LogP contribution >= 0.6 is 0 Å². The van der Waals surface area contributed by atoms with E-state index in [0.717, 1.165) is 36.3 Å². The molecule has 4 heterocycles. The fourth-order valence-corrected chi connectivity index (χ4v) is 4.86. The molecular weight excluding hydrogens is 358 g/mol. The van der Waals surface area contributed by atoms with Crippen LogP contribution in [0.2, 0.25) is 0 Å². The molecule has 0 saturated carbocycles. The van der Waals surface area contributed by atoms with Gasteiger partial charge in [0, 0.05) is 23.9 Å². The maximum atomic E-state index is 13.8. The quantitative estimate of drug-likeness (QED) is 0.742. The highest BCUT2D eigenvalue weighted by Crippen LogP contribution is 2.53. The molecule has 1 aromatic heterocycles. The standard InChI is InChI=1S/C22H19NO5/c24-18-11-27-19-9-20-16(8-14(18)19)22(12-28-20)15-5-1-2-6-17(15)23(21(22)25)10-13-4-3-7-26-13/h1-2,5-6,8-9,11,13,24H,3-4,7,10,12H2/t13-,22?/m1/s1. The first-order valence-corrected chi connectivity index (χ1v) is 9.59. The Labute approximate surface area is 161 Å². The van der Waals surface area contributed by atoms with Crippen molar-refractivity contribution in [3.8, 4) is 11.5 Å². The zero-order valence-electron chi connectivity index (χ0n) is 15.2. The van der Waals surface area contributed by atoms with Crippen LogP contribution in [-0.4, -0.2) is 36.9 Å². The van der Waals surface area contributed by atoms with E-state index in [1.807, 2.05) is 35.2 Å². The third kappa shape index (κ3) is 1.93. The van der Waals surface area contributed by atoms with Crippen LogP contribution in [0.15, 0.2) is 47.1 Å². The third-order valence-corrected chi connectivity index (χ3v) is 6.23. The first kappa shape index (κ1) is 16.0. The summed E-state index contributed by atoms with van der Waals surface area (Å²) in [6.07, 6.45) is 3.37. The van der Waals surface area contributed by atoms with Crippen LogP contribution in [0.5, 0.6) is 11.5 Å². The minimum absolute atomic E-state index is 0.00489. The summed E-state index contributed by atoms with van der Waals surface area (Å²) >= 11 is 0. The summed E-state index contributed by atoms with van der Waals surface area (Å²) in [7, 11) is 0. The highest BCUT2D eigenvalue weighted by Gasteiger charge is 2.57. The molecule has 1 N–H and O–H groups in total. The number of hydrogen-bond donors (Lipinski definition) is 1. The number of amides is 1. The van der Waals surface area contributed by atoms with E-state index >= 15 is 0 Å². The van der Waals surface area contributed by atoms with Crippen LogP contribution in [0.3, 0.4) is 0 Å². The summed E-state index contributed by atoms with van der Waals surface area (Å²) in [5.41, 5.74) is 2.28. The summed E-state index contributed by atoms with van der Waals surface area (Å²) in [6, 6.07) is 11.5. The molecule has 0 aliphatic carbocycles. The Morgan fingerprint density at radius 3 is 2.96 bits per heavy atom. The predicted octanol–water partition coefficient (Wildman–Crippen LogP) is 3.34. The summed E-state index contributed by atoms with van der Waals surface area (Å²) in [5.74, 6) is 0.698. The van der Waals surface area contributed by atoms with Gasteiger partial charge in [0.2, 0.25) is 5.91 Å². The van der Waals surface area contributed by atoms with Crippen molar-refractivity contribution in [3.05, 3.63) is 53.8 Å². The number of para-hydroxylation sites is 1. The molecule has 1 amide bonds. The molecule has 6 heteroatoms. The van der Waals surface area contributed by atoms with Crippen LogP contribution in [0.1, 0.15) is 24.0 Å². The molecular formula is C22H19NO5. The van der Waals surface area contributed by atoms with Gasteiger partial charge < -0.3 is 23.9 Å². The number of aromatic hydroxyl groups is 1. The third-order valence-electron chi connectivity index (χ3n) is 6.23. The van der Waals surface area contributed by atoms with Crippen LogP contribution < -0.4 is 9.64 Å². The molecule has 0 radical (unpaired) electrons. The smallest absolute Gasteiger partial charge is 0.245 e. The maximum Gasteiger partial charge on any atom is 0.245 e. The van der Waals surface area contributed by atoms with Gasteiger partial charge in [-0.3, -0.25) is 4.79 Å². The number of ether oxygens (including phenoxy) is 2. The molecule has 1 fully saturated rings. The van der Waals surface area contributed by atoms with E-state index in [1.54, 1.807) is 6.07 Å². The molecule has 142 valence electrons. The Hall–Kier alpha value is -2.99. The van der Waals surface area contributed by atoms with Gasteiger partial charge in [0.25, 0.3) is 0 Å². The number of furan rings is 1. The van der Waals surface area contributed by atoms with Gasteiger partial charge in [0.05, 0.1) is 18.0 Å². The van der Waals surface area contributed by atoms with Crippen molar-refractivity contribution >= 4 is 22.6 Å². The number of hydrogen-bond acceptors (Lipinski definition) is 5. The maximum absolute atomic E-state index is 13.8. The highest BCUT2D eigenvalue weighted by molar-refractivity contribution is 6.12. The Bertz CT molecular complexity index is 1110. The van der Waals surface area contributed by atoms with Crippen LogP contribution in [0.4, 0.5) is 5.69 Å². The molecule has 3 aromatic rings. The molecule has 28 heavy (non-hydrogen) atoms. The molecule has 3 aliphatic rings. The van der Waals surface area contributed by atoms with Gasteiger partial charge >= 0.3 is 0 Å². The Balaban J connectivity index is 1.53. The van der Waals surface area contributed by atoms with Gasteiger partial charge in [-0.1, -0.05) is 18.2 Å². The first-order chi connectivity index (χ1) is 13.7. The predicted molar refractivity (Wildman–Crippen MR) is 102 cm³/mol. The summed E-state index contributed by atoms with van der Waals surface area (Å²) in [6.45, 7) is 1.54. The van der Waals surface area contributed by atoms with Crippen molar-refractivity contribution in [1.29, 1.82) is 0 Å². The molecule has 3 aliphatic heterocycles. The zero-order valence-corrected chi connectivity index (χ0v) is 15.2. The second kappa shape index (κ2) is 5.52. The number of benzene rings is 2. The van der Waals surface area contributed by atoms with Crippen molar-refractivity contribution in [3.63, 3.8) is 0 Å². The van der Waals surface area contributed by atoms with Crippen LogP contribution in [0, 0.1) is 0 Å². The zero-order chi connectivity index (χ0) is 18.9. The molecule has 6 nitrogen and oxygen atoms in total. The largest absolute Gasteiger partial charge is 0.504 e. The molecule has 1 saturated heterocycles. The monoisotopic (exact) mass is 377 g/mol. The molecule has 2 atom stereocenters. The van der Waals surface area contributed by atoms with Crippen LogP contribution in [0.25, 0.3) is 11.0 Å². The van der Waals surface area contributed by atoms with Crippen molar-refractivity contribution in [2.75, 3.05) is 24.7 Å². The highest BCUT2D eigenvalue weighted by atomic mass is 16.5. The SMILES string of the molecule is O=C1N(C[C@H]2CCCO2)c2ccccc2C12COc1cc3occ(O)c3cc12. The molecule has 6 rings (SSSR count). The van der Waals surface area contributed by atoms with E-state index in [0.29, 0.717) is 23.3 Å². The molecule has 1 unspecified atom stereocenters. The average molecular weight is 377 g/mol. The lowest BCUT2D eigenvalue weighted by atomic mass is 9.77. The number of anilines is 1. The molecule has 1 spiro atoms.